The number of fused-ring (bicyclic) bond motifs is 1. The van der Waals surface area contributed by atoms with E-state index in [1.165, 1.54) is 11.1 Å². The van der Waals surface area contributed by atoms with E-state index in [4.69, 9.17) is 9.47 Å². The molecule has 0 fully saturated rings. The van der Waals surface area contributed by atoms with Gasteiger partial charge < -0.3 is 14.8 Å². The molecule has 1 aromatic rings. The van der Waals surface area contributed by atoms with Crippen LogP contribution in [0.5, 0.6) is 11.5 Å². The van der Waals surface area contributed by atoms with Crippen molar-refractivity contribution < 1.29 is 9.47 Å². The van der Waals surface area contributed by atoms with Crippen molar-refractivity contribution in [3.8, 4) is 11.5 Å². The van der Waals surface area contributed by atoms with Gasteiger partial charge in [0.25, 0.3) is 0 Å². The van der Waals surface area contributed by atoms with E-state index in [0.717, 1.165) is 36.4 Å². The zero-order valence-corrected chi connectivity index (χ0v) is 13.8. The third-order valence-electron chi connectivity index (χ3n) is 3.80. The average Bonchev–Trinajstić information content (AvgIpc) is 2.81. The van der Waals surface area contributed by atoms with Crippen molar-refractivity contribution >= 4 is 6.08 Å². The number of hydrogen-bond acceptors (Lipinski definition) is 3. The molecule has 0 amide bonds. The first-order valence-electron chi connectivity index (χ1n) is 7.83. The van der Waals surface area contributed by atoms with Crippen LogP contribution in [-0.2, 0) is 6.42 Å². The van der Waals surface area contributed by atoms with Gasteiger partial charge in [-0.25, -0.2) is 0 Å². The third kappa shape index (κ3) is 4.01. The molecule has 2 rings (SSSR count). The Labute approximate surface area is 128 Å². The Morgan fingerprint density at radius 2 is 2.24 bits per heavy atom. The van der Waals surface area contributed by atoms with E-state index in [2.05, 4.69) is 51.2 Å². The van der Waals surface area contributed by atoms with E-state index in [0.29, 0.717) is 6.04 Å². The van der Waals surface area contributed by atoms with Crippen molar-refractivity contribution in [2.45, 2.75) is 52.7 Å². The zero-order valence-electron chi connectivity index (χ0n) is 13.8. The first kappa shape index (κ1) is 15.9. The molecule has 1 atom stereocenters. The lowest BCUT2D eigenvalue weighted by atomic mass is 10.0. The maximum absolute atomic E-state index is 5.86. The first-order chi connectivity index (χ1) is 10.0. The van der Waals surface area contributed by atoms with E-state index in [1.54, 1.807) is 7.11 Å². The molecule has 0 spiro atoms. The highest BCUT2D eigenvalue weighted by Crippen LogP contribution is 2.36. The van der Waals surface area contributed by atoms with Gasteiger partial charge in [0, 0.05) is 30.1 Å². The lowest BCUT2D eigenvalue weighted by molar-refractivity contribution is 0.254. The number of hydrogen-bond donors (Lipinski definition) is 1. The van der Waals surface area contributed by atoms with Crippen molar-refractivity contribution in [2.75, 3.05) is 13.7 Å². The summed E-state index contributed by atoms with van der Waals surface area (Å²) >= 11 is 0. The van der Waals surface area contributed by atoms with Crippen LogP contribution in [0.3, 0.4) is 0 Å². The van der Waals surface area contributed by atoms with Crippen molar-refractivity contribution in [3.63, 3.8) is 0 Å². The molecule has 0 saturated carbocycles. The summed E-state index contributed by atoms with van der Waals surface area (Å²) in [5, 5.41) is 3.47. The van der Waals surface area contributed by atoms with Crippen LogP contribution >= 0.6 is 0 Å². The number of ether oxygens (including phenoxy) is 2. The standard InChI is InChI=1S/C18H27NO2/c1-6-14(11-19-12(2)3)8-16-10-18-15(7-13(4)21-18)9-17(16)20-5/h8-10,12-13,19H,6-7,11H2,1-5H3/b14-8-. The van der Waals surface area contributed by atoms with Gasteiger partial charge in [-0.15, -0.1) is 0 Å². The topological polar surface area (TPSA) is 30.5 Å². The minimum atomic E-state index is 0.261. The molecule has 0 saturated heterocycles. The molecule has 21 heavy (non-hydrogen) atoms. The maximum atomic E-state index is 5.86. The molecular weight excluding hydrogens is 262 g/mol. The van der Waals surface area contributed by atoms with Gasteiger partial charge in [0.15, 0.2) is 0 Å². The molecule has 1 unspecified atom stereocenters. The van der Waals surface area contributed by atoms with Gasteiger partial charge in [-0.3, -0.25) is 0 Å². The van der Waals surface area contributed by atoms with E-state index in [-0.39, 0.29) is 6.10 Å². The number of nitrogens with one attached hydrogen (secondary N) is 1. The van der Waals surface area contributed by atoms with Crippen molar-refractivity contribution in [2.24, 2.45) is 0 Å². The average molecular weight is 289 g/mol. The van der Waals surface area contributed by atoms with E-state index >= 15 is 0 Å². The number of methoxy groups -OCH3 is 1. The first-order valence-corrected chi connectivity index (χ1v) is 7.83. The molecule has 0 radical (unpaired) electrons. The monoisotopic (exact) mass is 289 g/mol. The Morgan fingerprint density at radius 1 is 1.48 bits per heavy atom. The van der Waals surface area contributed by atoms with E-state index in [1.807, 2.05) is 0 Å². The lowest BCUT2D eigenvalue weighted by Gasteiger charge is -2.13. The third-order valence-corrected chi connectivity index (χ3v) is 3.80. The van der Waals surface area contributed by atoms with Gasteiger partial charge in [-0.05, 0) is 25.5 Å². The Bertz CT molecular complexity index is 520. The Hall–Kier alpha value is -1.48. The van der Waals surface area contributed by atoms with E-state index in [9.17, 15) is 0 Å². The normalized spacial score (nSPS) is 17.8. The second kappa shape index (κ2) is 6.99. The van der Waals surface area contributed by atoms with Gasteiger partial charge in [0.2, 0.25) is 0 Å². The van der Waals surface area contributed by atoms with Crippen LogP contribution in [0.4, 0.5) is 0 Å². The number of rotatable bonds is 6. The SMILES string of the molecule is CC/C(=C/c1cc2c(cc1OC)CC(C)O2)CNC(C)C. The summed E-state index contributed by atoms with van der Waals surface area (Å²) in [5.74, 6) is 1.93. The smallest absolute Gasteiger partial charge is 0.126 e. The van der Waals surface area contributed by atoms with Crippen molar-refractivity contribution in [3.05, 3.63) is 28.8 Å². The fourth-order valence-corrected chi connectivity index (χ4v) is 2.58. The number of benzene rings is 1. The van der Waals surface area contributed by atoms with Crippen LogP contribution < -0.4 is 14.8 Å². The van der Waals surface area contributed by atoms with Crippen LogP contribution in [0.1, 0.15) is 45.2 Å². The molecular formula is C18H27NO2. The van der Waals surface area contributed by atoms with Gasteiger partial charge in [0.1, 0.15) is 17.6 Å². The highest BCUT2D eigenvalue weighted by atomic mass is 16.5. The van der Waals surface area contributed by atoms with Gasteiger partial charge >= 0.3 is 0 Å². The summed E-state index contributed by atoms with van der Waals surface area (Å²) in [6.45, 7) is 9.53. The quantitative estimate of drug-likeness (QED) is 0.864. The van der Waals surface area contributed by atoms with Gasteiger partial charge in [0.05, 0.1) is 7.11 Å². The Balaban J connectivity index is 2.27. The van der Waals surface area contributed by atoms with E-state index < -0.39 is 0 Å². The minimum Gasteiger partial charge on any atom is -0.496 e. The molecule has 116 valence electrons. The van der Waals surface area contributed by atoms with Gasteiger partial charge in [-0.1, -0.05) is 32.4 Å². The summed E-state index contributed by atoms with van der Waals surface area (Å²) in [7, 11) is 1.73. The molecule has 1 aliphatic heterocycles. The highest BCUT2D eigenvalue weighted by molar-refractivity contribution is 5.64. The Kier molecular flexibility index (Phi) is 5.29. The molecule has 0 bridgehead atoms. The maximum Gasteiger partial charge on any atom is 0.126 e. The molecule has 0 aliphatic carbocycles. The molecule has 1 aromatic carbocycles. The highest BCUT2D eigenvalue weighted by Gasteiger charge is 2.21. The minimum absolute atomic E-state index is 0.261. The van der Waals surface area contributed by atoms with Crippen LogP contribution in [0, 0.1) is 0 Å². The lowest BCUT2D eigenvalue weighted by Crippen LogP contribution is -2.24. The summed E-state index contributed by atoms with van der Waals surface area (Å²) in [4.78, 5) is 0. The molecule has 0 aromatic heterocycles. The second-order valence-corrected chi connectivity index (χ2v) is 6.03. The van der Waals surface area contributed by atoms with Crippen LogP contribution in [0.25, 0.3) is 6.08 Å². The molecule has 3 nitrogen and oxygen atoms in total. The molecule has 1 N–H and O–H groups in total. The predicted octanol–water partition coefficient (Wildman–Crippen LogP) is 3.81. The Morgan fingerprint density at radius 3 is 2.86 bits per heavy atom. The van der Waals surface area contributed by atoms with Crippen LogP contribution in [0.2, 0.25) is 0 Å². The largest absolute Gasteiger partial charge is 0.496 e. The fraction of sp³-hybridized carbons (Fsp3) is 0.556. The molecule has 1 aliphatic rings. The van der Waals surface area contributed by atoms with Crippen LogP contribution in [-0.4, -0.2) is 25.8 Å². The summed E-state index contributed by atoms with van der Waals surface area (Å²) < 4.78 is 11.4. The summed E-state index contributed by atoms with van der Waals surface area (Å²) in [6.07, 6.45) is 4.47. The fourth-order valence-electron chi connectivity index (χ4n) is 2.58. The van der Waals surface area contributed by atoms with Crippen molar-refractivity contribution in [1.29, 1.82) is 0 Å². The molecule has 3 heteroatoms. The summed E-state index contributed by atoms with van der Waals surface area (Å²) in [6, 6.07) is 4.72. The van der Waals surface area contributed by atoms with Crippen molar-refractivity contribution in [1.82, 2.24) is 5.32 Å². The van der Waals surface area contributed by atoms with Crippen LogP contribution in [0.15, 0.2) is 17.7 Å². The molecule has 1 heterocycles. The second-order valence-electron chi connectivity index (χ2n) is 6.03. The summed E-state index contributed by atoms with van der Waals surface area (Å²) in [5.41, 5.74) is 3.72. The predicted molar refractivity (Wildman–Crippen MR) is 88.2 cm³/mol. The zero-order chi connectivity index (χ0) is 15.4. The van der Waals surface area contributed by atoms with Gasteiger partial charge in [-0.2, -0.15) is 0 Å².